The zero-order valence-electron chi connectivity index (χ0n) is 13.7. The molecule has 0 spiro atoms. The number of hydrogen-bond acceptors (Lipinski definition) is 5. The summed E-state index contributed by atoms with van der Waals surface area (Å²) < 4.78 is 0. The molecular weight excluding hydrogens is 308 g/mol. The number of aromatic nitrogens is 2. The third-order valence-corrected chi connectivity index (χ3v) is 4.88. The Labute approximate surface area is 141 Å². The summed E-state index contributed by atoms with van der Waals surface area (Å²) in [4.78, 5) is 26.8. The maximum absolute atomic E-state index is 12.5. The zero-order chi connectivity index (χ0) is 16.2. The molecule has 1 aliphatic rings. The molecule has 1 fully saturated rings. The van der Waals surface area contributed by atoms with E-state index in [2.05, 4.69) is 14.9 Å². The van der Waals surface area contributed by atoms with Gasteiger partial charge in [0.1, 0.15) is 0 Å². The van der Waals surface area contributed by atoms with Crippen molar-refractivity contribution >= 4 is 23.2 Å². The predicted octanol–water partition coefficient (Wildman–Crippen LogP) is 2.44. The number of carbonyl (C=O) groups is 1. The summed E-state index contributed by atoms with van der Waals surface area (Å²) in [5, 5.41) is 2.02. The van der Waals surface area contributed by atoms with E-state index in [1.54, 1.807) is 11.3 Å². The van der Waals surface area contributed by atoms with Gasteiger partial charge < -0.3 is 9.80 Å². The molecule has 6 heteroatoms. The number of carbonyl (C=O) groups excluding carboxylic acids is 1. The van der Waals surface area contributed by atoms with E-state index in [0.29, 0.717) is 6.42 Å². The highest BCUT2D eigenvalue weighted by Crippen LogP contribution is 2.15. The molecule has 0 unspecified atom stereocenters. The van der Waals surface area contributed by atoms with Gasteiger partial charge in [0, 0.05) is 42.4 Å². The van der Waals surface area contributed by atoms with Crippen LogP contribution in [0, 0.1) is 13.8 Å². The highest BCUT2D eigenvalue weighted by molar-refractivity contribution is 7.10. The fraction of sp³-hybridized carbons (Fsp3) is 0.471. The summed E-state index contributed by atoms with van der Waals surface area (Å²) in [6.07, 6.45) is 1.46. The SMILES string of the molecule is Cc1cc(C)nc(N2CCCN(C(=O)Cc3cccs3)CC2)n1. The Morgan fingerprint density at radius 1 is 1.17 bits per heavy atom. The Morgan fingerprint density at radius 2 is 1.96 bits per heavy atom. The third kappa shape index (κ3) is 4.07. The van der Waals surface area contributed by atoms with Crippen molar-refractivity contribution in [2.45, 2.75) is 26.7 Å². The van der Waals surface area contributed by atoms with Crippen molar-refractivity contribution < 1.29 is 4.79 Å². The first-order chi connectivity index (χ1) is 11.1. The van der Waals surface area contributed by atoms with Gasteiger partial charge >= 0.3 is 0 Å². The summed E-state index contributed by atoms with van der Waals surface area (Å²) in [6, 6.07) is 6.00. The lowest BCUT2D eigenvalue weighted by Crippen LogP contribution is -2.36. The molecule has 5 nitrogen and oxygen atoms in total. The molecule has 0 saturated carbocycles. The maximum atomic E-state index is 12.5. The van der Waals surface area contributed by atoms with Crippen molar-refractivity contribution in [2.24, 2.45) is 0 Å². The molecule has 0 atom stereocenters. The van der Waals surface area contributed by atoms with E-state index in [4.69, 9.17) is 0 Å². The topological polar surface area (TPSA) is 49.3 Å². The van der Waals surface area contributed by atoms with Crippen LogP contribution in [-0.4, -0.2) is 47.0 Å². The minimum absolute atomic E-state index is 0.218. The molecule has 0 radical (unpaired) electrons. The van der Waals surface area contributed by atoms with Crippen molar-refractivity contribution in [2.75, 3.05) is 31.1 Å². The molecule has 1 amide bonds. The maximum Gasteiger partial charge on any atom is 0.227 e. The van der Waals surface area contributed by atoms with Crippen LogP contribution in [0.4, 0.5) is 5.95 Å². The Bertz CT molecular complexity index is 651. The van der Waals surface area contributed by atoms with Crippen LogP contribution >= 0.6 is 11.3 Å². The molecule has 1 saturated heterocycles. The van der Waals surface area contributed by atoms with Crippen molar-refractivity contribution in [3.05, 3.63) is 39.8 Å². The number of amides is 1. The molecule has 0 aromatic carbocycles. The van der Waals surface area contributed by atoms with E-state index >= 15 is 0 Å². The van der Waals surface area contributed by atoms with Crippen molar-refractivity contribution in [3.8, 4) is 0 Å². The third-order valence-electron chi connectivity index (χ3n) is 4.01. The zero-order valence-corrected chi connectivity index (χ0v) is 14.5. The van der Waals surface area contributed by atoms with Crippen LogP contribution in [0.1, 0.15) is 22.7 Å². The molecule has 2 aromatic rings. The first kappa shape index (κ1) is 15.9. The lowest BCUT2D eigenvalue weighted by Gasteiger charge is -2.22. The molecule has 23 heavy (non-hydrogen) atoms. The molecule has 0 bridgehead atoms. The lowest BCUT2D eigenvalue weighted by molar-refractivity contribution is -0.130. The first-order valence-electron chi connectivity index (χ1n) is 7.99. The number of thiophene rings is 1. The highest BCUT2D eigenvalue weighted by Gasteiger charge is 2.21. The number of rotatable bonds is 3. The van der Waals surface area contributed by atoms with Crippen LogP contribution in [0.25, 0.3) is 0 Å². The van der Waals surface area contributed by atoms with E-state index in [-0.39, 0.29) is 5.91 Å². The van der Waals surface area contributed by atoms with Gasteiger partial charge in [-0.15, -0.1) is 11.3 Å². The number of anilines is 1. The van der Waals surface area contributed by atoms with Crippen LogP contribution in [0.3, 0.4) is 0 Å². The average Bonchev–Trinajstić information content (AvgIpc) is 2.87. The lowest BCUT2D eigenvalue weighted by atomic mass is 10.3. The highest BCUT2D eigenvalue weighted by atomic mass is 32.1. The first-order valence-corrected chi connectivity index (χ1v) is 8.87. The fourth-order valence-electron chi connectivity index (χ4n) is 2.89. The summed E-state index contributed by atoms with van der Waals surface area (Å²) in [7, 11) is 0. The number of aryl methyl sites for hydroxylation is 2. The minimum atomic E-state index is 0.218. The molecule has 3 heterocycles. The van der Waals surface area contributed by atoms with Gasteiger partial charge in [-0.3, -0.25) is 4.79 Å². The summed E-state index contributed by atoms with van der Waals surface area (Å²) >= 11 is 1.64. The van der Waals surface area contributed by atoms with Gasteiger partial charge in [-0.25, -0.2) is 9.97 Å². The van der Waals surface area contributed by atoms with Gasteiger partial charge in [-0.1, -0.05) is 6.07 Å². The molecule has 122 valence electrons. The van der Waals surface area contributed by atoms with Crippen molar-refractivity contribution in [3.63, 3.8) is 0 Å². The number of hydrogen-bond donors (Lipinski definition) is 0. The molecule has 2 aromatic heterocycles. The Kier molecular flexibility index (Phi) is 4.91. The van der Waals surface area contributed by atoms with Gasteiger partial charge in [0.25, 0.3) is 0 Å². The second-order valence-corrected chi connectivity index (χ2v) is 6.96. The van der Waals surface area contributed by atoms with E-state index in [0.717, 1.165) is 54.8 Å². The number of nitrogens with zero attached hydrogens (tertiary/aromatic N) is 4. The monoisotopic (exact) mass is 330 g/mol. The van der Waals surface area contributed by atoms with Gasteiger partial charge in [0.05, 0.1) is 6.42 Å². The van der Waals surface area contributed by atoms with Crippen LogP contribution < -0.4 is 4.90 Å². The van der Waals surface area contributed by atoms with Crippen molar-refractivity contribution in [1.82, 2.24) is 14.9 Å². The van der Waals surface area contributed by atoms with Crippen LogP contribution in [0.2, 0.25) is 0 Å². The second kappa shape index (κ2) is 7.08. The molecule has 0 aliphatic carbocycles. The van der Waals surface area contributed by atoms with Crippen molar-refractivity contribution in [1.29, 1.82) is 0 Å². The van der Waals surface area contributed by atoms with E-state index in [1.807, 2.05) is 42.3 Å². The molecule has 1 aliphatic heterocycles. The van der Waals surface area contributed by atoms with E-state index in [1.165, 1.54) is 0 Å². The van der Waals surface area contributed by atoms with Crippen LogP contribution in [0.5, 0.6) is 0 Å². The fourth-order valence-corrected chi connectivity index (χ4v) is 3.59. The van der Waals surface area contributed by atoms with Crippen LogP contribution in [-0.2, 0) is 11.2 Å². The second-order valence-electron chi connectivity index (χ2n) is 5.93. The van der Waals surface area contributed by atoms with Gasteiger partial charge in [-0.05, 0) is 37.8 Å². The normalized spacial score (nSPS) is 15.6. The van der Waals surface area contributed by atoms with E-state index < -0.39 is 0 Å². The minimum Gasteiger partial charge on any atom is -0.341 e. The van der Waals surface area contributed by atoms with Gasteiger partial charge in [0.15, 0.2) is 0 Å². The Morgan fingerprint density at radius 3 is 2.65 bits per heavy atom. The average molecular weight is 330 g/mol. The standard InChI is InChI=1S/C17H22N4OS/c1-13-11-14(2)19-17(18-13)21-7-4-6-20(8-9-21)16(22)12-15-5-3-10-23-15/h3,5,10-11H,4,6-9,12H2,1-2H3. The quantitative estimate of drug-likeness (QED) is 0.867. The van der Waals surface area contributed by atoms with Crippen LogP contribution in [0.15, 0.2) is 23.6 Å². The summed E-state index contributed by atoms with van der Waals surface area (Å²) in [5.41, 5.74) is 1.98. The summed E-state index contributed by atoms with van der Waals surface area (Å²) in [6.45, 7) is 7.22. The molecule has 3 rings (SSSR count). The van der Waals surface area contributed by atoms with E-state index in [9.17, 15) is 4.79 Å². The Hall–Kier alpha value is -1.95. The smallest absolute Gasteiger partial charge is 0.227 e. The largest absolute Gasteiger partial charge is 0.341 e. The predicted molar refractivity (Wildman–Crippen MR) is 92.9 cm³/mol. The summed E-state index contributed by atoms with van der Waals surface area (Å²) in [5.74, 6) is 1.01. The Balaban J connectivity index is 1.63. The molecular formula is C17H22N4OS. The van der Waals surface area contributed by atoms with Gasteiger partial charge in [-0.2, -0.15) is 0 Å². The molecule has 0 N–H and O–H groups in total. The van der Waals surface area contributed by atoms with Gasteiger partial charge in [0.2, 0.25) is 11.9 Å².